The number of benzene rings is 2. The van der Waals surface area contributed by atoms with Gasteiger partial charge in [0.15, 0.2) is 11.5 Å². The molecule has 0 saturated carbocycles. The fraction of sp³-hybridized carbons (Fsp3) is 0.0500. The number of fused-ring (bicyclic) bond motifs is 1. The molecule has 8 heteroatoms. The molecule has 4 aromatic rings. The van der Waals surface area contributed by atoms with Gasteiger partial charge in [-0.25, -0.2) is 9.78 Å². The molecule has 4 rings (SSSR count). The lowest BCUT2D eigenvalue weighted by Gasteiger charge is -2.06. The van der Waals surface area contributed by atoms with Crippen molar-refractivity contribution in [1.29, 1.82) is 0 Å². The Hall–Kier alpha value is -3.58. The van der Waals surface area contributed by atoms with E-state index >= 15 is 0 Å². The minimum absolute atomic E-state index is 0.170. The van der Waals surface area contributed by atoms with Crippen molar-refractivity contribution in [2.45, 2.75) is 6.92 Å². The third-order valence-corrected chi connectivity index (χ3v) is 4.38. The van der Waals surface area contributed by atoms with Gasteiger partial charge in [-0.15, -0.1) is 0 Å². The third-order valence-electron chi connectivity index (χ3n) is 4.10. The van der Waals surface area contributed by atoms with Crippen molar-refractivity contribution in [2.75, 3.05) is 5.32 Å². The maximum Gasteiger partial charge on any atom is 0.336 e. The van der Waals surface area contributed by atoms with Crippen molar-refractivity contribution in [3.63, 3.8) is 0 Å². The summed E-state index contributed by atoms with van der Waals surface area (Å²) in [6.07, 6.45) is 0. The summed E-state index contributed by atoms with van der Waals surface area (Å²) in [6.45, 7) is 1.72. The van der Waals surface area contributed by atoms with Crippen LogP contribution in [-0.2, 0) is 0 Å². The van der Waals surface area contributed by atoms with Crippen molar-refractivity contribution >= 4 is 40.2 Å². The number of carboxylic acid groups (broad SMARTS) is 1. The highest BCUT2D eigenvalue weighted by Crippen LogP contribution is 2.29. The zero-order valence-corrected chi connectivity index (χ0v) is 15.5. The summed E-state index contributed by atoms with van der Waals surface area (Å²) in [5, 5.41) is 12.8. The molecule has 0 atom stereocenters. The predicted molar refractivity (Wildman–Crippen MR) is 107 cm³/mol. The number of rotatable bonds is 5. The van der Waals surface area contributed by atoms with Gasteiger partial charge in [-0.05, 0) is 42.8 Å². The fourth-order valence-electron chi connectivity index (χ4n) is 2.70. The quantitative estimate of drug-likeness (QED) is 0.432. The molecule has 0 bridgehead atoms. The molecule has 140 valence electrons. The van der Waals surface area contributed by atoms with Gasteiger partial charge in [-0.1, -0.05) is 35.9 Å². The Morgan fingerprint density at radius 2 is 1.93 bits per heavy atom. The van der Waals surface area contributed by atoms with E-state index in [1.54, 1.807) is 25.1 Å². The number of para-hydroxylation sites is 1. The van der Waals surface area contributed by atoms with E-state index in [1.807, 2.05) is 30.3 Å². The van der Waals surface area contributed by atoms with E-state index in [-0.39, 0.29) is 11.6 Å². The Morgan fingerprint density at radius 1 is 1.14 bits per heavy atom. The van der Waals surface area contributed by atoms with Crippen LogP contribution in [0.15, 0.2) is 54.6 Å². The number of imidazole rings is 1. The van der Waals surface area contributed by atoms with E-state index in [1.165, 1.54) is 6.07 Å². The summed E-state index contributed by atoms with van der Waals surface area (Å²) in [4.78, 5) is 23.0. The monoisotopic (exact) mass is 394 g/mol. The number of halogens is 1. The first-order chi connectivity index (χ1) is 13.5. The standard InChI is InChI=1S/C20H15ClN4O3/c1-11-7-8-13(9-14(11)19(26)27)28-20-23-16-10-15(21)17(24-18(16)25-20)22-12-5-3-2-4-6-12/h2-10H,1H3,(H,26,27)(H2,22,23,24,25). The number of anilines is 2. The summed E-state index contributed by atoms with van der Waals surface area (Å²) in [5.41, 5.74) is 2.69. The number of H-pyrrole nitrogens is 1. The van der Waals surface area contributed by atoms with E-state index in [4.69, 9.17) is 16.3 Å². The number of hydrogen-bond acceptors (Lipinski definition) is 5. The van der Waals surface area contributed by atoms with Gasteiger partial charge in [-0.2, -0.15) is 4.98 Å². The first-order valence-electron chi connectivity index (χ1n) is 8.40. The first kappa shape index (κ1) is 17.8. The Balaban J connectivity index is 1.63. The van der Waals surface area contributed by atoms with Gasteiger partial charge in [0.1, 0.15) is 5.75 Å². The topological polar surface area (TPSA) is 100 Å². The summed E-state index contributed by atoms with van der Waals surface area (Å²) >= 11 is 6.32. The largest absolute Gasteiger partial charge is 0.478 e. The maximum atomic E-state index is 11.3. The predicted octanol–water partition coefficient (Wildman–Crippen LogP) is 5.15. The van der Waals surface area contributed by atoms with Crippen LogP contribution in [0.1, 0.15) is 15.9 Å². The lowest BCUT2D eigenvalue weighted by atomic mass is 10.1. The molecule has 3 N–H and O–H groups in total. The molecule has 0 unspecified atom stereocenters. The van der Waals surface area contributed by atoms with Gasteiger partial charge in [0.25, 0.3) is 0 Å². The summed E-state index contributed by atoms with van der Waals surface area (Å²) in [6, 6.07) is 16.2. The molecule has 2 aromatic carbocycles. The molecule has 0 amide bonds. The number of ether oxygens (including phenoxy) is 1. The van der Waals surface area contributed by atoms with Crippen LogP contribution < -0.4 is 10.1 Å². The number of nitrogens with one attached hydrogen (secondary N) is 2. The SMILES string of the molecule is Cc1ccc(Oc2nc3nc(Nc4ccccc4)c(Cl)cc3[nH]2)cc1C(=O)O. The molecule has 0 saturated heterocycles. The summed E-state index contributed by atoms with van der Waals surface area (Å²) in [5.74, 6) is -0.185. The number of aryl methyl sites for hydroxylation is 1. The number of hydrogen-bond donors (Lipinski definition) is 3. The van der Waals surface area contributed by atoms with Crippen LogP contribution in [0.4, 0.5) is 11.5 Å². The van der Waals surface area contributed by atoms with Crippen molar-refractivity contribution in [2.24, 2.45) is 0 Å². The molecule has 0 fully saturated rings. The zero-order valence-electron chi connectivity index (χ0n) is 14.7. The van der Waals surface area contributed by atoms with Gasteiger partial charge in [0.2, 0.25) is 0 Å². The molecule has 0 spiro atoms. The Bertz CT molecular complexity index is 1180. The second kappa shape index (κ2) is 7.21. The molecule has 0 radical (unpaired) electrons. The van der Waals surface area contributed by atoms with Crippen LogP contribution in [0.3, 0.4) is 0 Å². The minimum atomic E-state index is -1.02. The first-order valence-corrected chi connectivity index (χ1v) is 8.77. The number of carboxylic acids is 1. The number of carbonyl (C=O) groups is 1. The molecule has 28 heavy (non-hydrogen) atoms. The smallest absolute Gasteiger partial charge is 0.336 e. The van der Waals surface area contributed by atoms with Gasteiger partial charge < -0.3 is 20.1 Å². The van der Waals surface area contributed by atoms with Crippen molar-refractivity contribution in [3.8, 4) is 11.8 Å². The van der Waals surface area contributed by atoms with Crippen LogP contribution in [0.25, 0.3) is 11.2 Å². The average molecular weight is 395 g/mol. The van der Waals surface area contributed by atoms with Crippen LogP contribution in [0.2, 0.25) is 5.02 Å². The van der Waals surface area contributed by atoms with E-state index in [0.717, 1.165) is 5.69 Å². The zero-order chi connectivity index (χ0) is 19.7. The second-order valence-corrected chi connectivity index (χ2v) is 6.51. The lowest BCUT2D eigenvalue weighted by molar-refractivity contribution is 0.0695. The van der Waals surface area contributed by atoms with E-state index in [2.05, 4.69) is 20.3 Å². The van der Waals surface area contributed by atoms with Gasteiger partial charge >= 0.3 is 12.0 Å². The molecule has 7 nitrogen and oxygen atoms in total. The molecule has 0 aliphatic heterocycles. The van der Waals surface area contributed by atoms with Crippen molar-refractivity contribution < 1.29 is 14.6 Å². The molecule has 0 aliphatic rings. The van der Waals surface area contributed by atoms with Crippen LogP contribution in [0, 0.1) is 6.92 Å². The summed E-state index contributed by atoms with van der Waals surface area (Å²) in [7, 11) is 0. The van der Waals surface area contributed by atoms with E-state index < -0.39 is 5.97 Å². The molecule has 2 heterocycles. The number of aromatic amines is 1. The van der Waals surface area contributed by atoms with Crippen LogP contribution in [-0.4, -0.2) is 26.0 Å². The molecule has 2 aromatic heterocycles. The van der Waals surface area contributed by atoms with Gasteiger partial charge in [0.05, 0.1) is 16.1 Å². The lowest BCUT2D eigenvalue weighted by Crippen LogP contribution is -2.00. The third kappa shape index (κ3) is 3.60. The Morgan fingerprint density at radius 3 is 2.68 bits per heavy atom. The van der Waals surface area contributed by atoms with Crippen LogP contribution in [0.5, 0.6) is 11.8 Å². The van der Waals surface area contributed by atoms with Crippen molar-refractivity contribution in [3.05, 3.63) is 70.7 Å². The minimum Gasteiger partial charge on any atom is -0.478 e. The number of nitrogens with zero attached hydrogens (tertiary/aromatic N) is 2. The van der Waals surface area contributed by atoms with E-state index in [9.17, 15) is 9.90 Å². The number of aromatic nitrogens is 3. The highest BCUT2D eigenvalue weighted by Gasteiger charge is 2.13. The average Bonchev–Trinajstić information content (AvgIpc) is 3.05. The van der Waals surface area contributed by atoms with Gasteiger partial charge in [0, 0.05) is 5.69 Å². The highest BCUT2D eigenvalue weighted by molar-refractivity contribution is 6.33. The number of pyridine rings is 1. The molecular weight excluding hydrogens is 380 g/mol. The van der Waals surface area contributed by atoms with Gasteiger partial charge in [-0.3, -0.25) is 0 Å². The highest BCUT2D eigenvalue weighted by atomic mass is 35.5. The van der Waals surface area contributed by atoms with E-state index in [0.29, 0.717) is 33.3 Å². The van der Waals surface area contributed by atoms with Crippen molar-refractivity contribution in [1.82, 2.24) is 15.0 Å². The Kier molecular flexibility index (Phi) is 4.58. The fourth-order valence-corrected chi connectivity index (χ4v) is 2.90. The normalized spacial score (nSPS) is 10.8. The summed E-state index contributed by atoms with van der Waals surface area (Å²) < 4.78 is 5.67. The second-order valence-electron chi connectivity index (χ2n) is 6.11. The maximum absolute atomic E-state index is 11.3. The molecular formula is C20H15ClN4O3. The Labute approximate surface area is 165 Å². The van der Waals surface area contributed by atoms with Crippen LogP contribution >= 0.6 is 11.6 Å². The molecule has 0 aliphatic carbocycles. The number of aromatic carboxylic acids is 1.